The Balaban J connectivity index is 1.66. The summed E-state index contributed by atoms with van der Waals surface area (Å²) in [5.41, 5.74) is 1.90. The molecule has 0 unspecified atom stereocenters. The average Bonchev–Trinajstić information content (AvgIpc) is 3.20. The van der Waals surface area contributed by atoms with E-state index in [1.807, 2.05) is 0 Å². The molecule has 0 saturated heterocycles. The van der Waals surface area contributed by atoms with Gasteiger partial charge in [0.15, 0.2) is 5.75 Å². The molecular weight excluding hydrogens is 394 g/mol. The number of amides is 1. The van der Waals surface area contributed by atoms with Crippen LogP contribution in [0, 0.1) is 5.41 Å². The zero-order chi connectivity index (χ0) is 22.5. The number of nitrogens with one attached hydrogen (secondary N) is 2. The number of phenolic OH excluding ortho intramolecular Hbond substituents is 1. The van der Waals surface area contributed by atoms with Crippen LogP contribution in [0.25, 0.3) is 0 Å². The summed E-state index contributed by atoms with van der Waals surface area (Å²) >= 11 is 0. The van der Waals surface area contributed by atoms with E-state index in [9.17, 15) is 19.5 Å². The molecule has 2 aromatic rings. The first-order valence-electron chi connectivity index (χ1n) is 10.4. The molecular formula is C24H27N3O4. The van der Waals surface area contributed by atoms with Crippen molar-refractivity contribution in [1.29, 1.82) is 0 Å². The van der Waals surface area contributed by atoms with E-state index in [-0.39, 0.29) is 45.7 Å². The topological polar surface area (TPSA) is 98.7 Å². The Bertz CT molecular complexity index is 1200. The van der Waals surface area contributed by atoms with Gasteiger partial charge in [0, 0.05) is 14.1 Å². The van der Waals surface area contributed by atoms with E-state index in [0.717, 1.165) is 19.3 Å². The Labute approximate surface area is 180 Å². The van der Waals surface area contributed by atoms with Gasteiger partial charge in [-0.3, -0.25) is 14.4 Å². The van der Waals surface area contributed by atoms with Crippen molar-refractivity contribution in [3.05, 3.63) is 67.5 Å². The summed E-state index contributed by atoms with van der Waals surface area (Å²) in [4.78, 5) is 38.4. The average molecular weight is 421 g/mol. The predicted octanol–water partition coefficient (Wildman–Crippen LogP) is 3.29. The van der Waals surface area contributed by atoms with E-state index in [4.69, 9.17) is 0 Å². The maximum atomic E-state index is 12.4. The Hall–Kier alpha value is -3.35. The van der Waals surface area contributed by atoms with Crippen LogP contribution in [-0.4, -0.2) is 36.1 Å². The molecule has 0 aliphatic heterocycles. The van der Waals surface area contributed by atoms with Crippen molar-refractivity contribution < 1.29 is 9.90 Å². The van der Waals surface area contributed by atoms with Crippen molar-refractivity contribution in [2.75, 3.05) is 24.7 Å². The molecule has 31 heavy (non-hydrogen) atoms. The standard InChI is InChI=1S/C24H27N3O4/c1-24(2)12-11-13-7-5-8-14(13)22(24)26-18-17(20(29)21(18)30)25-16-10-6-9-15(19(16)28)23(31)27(3)4/h5-6,8-10,22,25-26,28H,7,11-12H2,1-4H3/t22-/m1/s1. The van der Waals surface area contributed by atoms with Crippen molar-refractivity contribution in [2.24, 2.45) is 5.41 Å². The quantitative estimate of drug-likeness (QED) is 0.506. The highest BCUT2D eigenvalue weighted by Crippen LogP contribution is 2.44. The van der Waals surface area contributed by atoms with Gasteiger partial charge in [0.2, 0.25) is 0 Å². The first kappa shape index (κ1) is 20.9. The van der Waals surface area contributed by atoms with Crippen LogP contribution in [0.4, 0.5) is 17.1 Å². The van der Waals surface area contributed by atoms with Gasteiger partial charge in [-0.25, -0.2) is 0 Å². The maximum Gasteiger partial charge on any atom is 0.257 e. The van der Waals surface area contributed by atoms with E-state index in [1.54, 1.807) is 26.2 Å². The molecule has 0 saturated carbocycles. The number of aromatic hydroxyl groups is 1. The number of allylic oxidation sites excluding steroid dienone is 2. The molecule has 0 aromatic heterocycles. The molecule has 7 nitrogen and oxygen atoms in total. The Morgan fingerprint density at radius 2 is 1.87 bits per heavy atom. The van der Waals surface area contributed by atoms with Gasteiger partial charge in [0.1, 0.15) is 11.4 Å². The van der Waals surface area contributed by atoms with Gasteiger partial charge in [-0.1, -0.05) is 37.6 Å². The molecule has 0 heterocycles. The van der Waals surface area contributed by atoms with Crippen molar-refractivity contribution in [3.8, 4) is 5.75 Å². The third-order valence-corrected chi connectivity index (χ3v) is 6.36. The largest absolute Gasteiger partial charge is 0.505 e. The number of carbonyl (C=O) groups excluding carboxylic acids is 1. The fourth-order valence-corrected chi connectivity index (χ4v) is 4.41. The number of hydrogen-bond acceptors (Lipinski definition) is 6. The Kier molecular flexibility index (Phi) is 5.00. The molecule has 162 valence electrons. The highest BCUT2D eigenvalue weighted by atomic mass is 16.3. The zero-order valence-electron chi connectivity index (χ0n) is 18.2. The number of nitrogens with zero attached hydrogens (tertiary/aromatic N) is 1. The predicted molar refractivity (Wildman–Crippen MR) is 122 cm³/mol. The van der Waals surface area contributed by atoms with Gasteiger partial charge < -0.3 is 20.6 Å². The summed E-state index contributed by atoms with van der Waals surface area (Å²) < 4.78 is 0. The van der Waals surface area contributed by atoms with Gasteiger partial charge in [-0.15, -0.1) is 0 Å². The molecule has 0 spiro atoms. The number of phenols is 1. The fraction of sp³-hybridized carbons (Fsp3) is 0.375. The zero-order valence-corrected chi connectivity index (χ0v) is 18.2. The molecule has 4 rings (SSSR count). The highest BCUT2D eigenvalue weighted by Gasteiger charge is 2.39. The fourth-order valence-electron chi connectivity index (χ4n) is 4.41. The Morgan fingerprint density at radius 1 is 1.16 bits per heavy atom. The molecule has 2 aliphatic carbocycles. The van der Waals surface area contributed by atoms with Crippen LogP contribution < -0.4 is 21.5 Å². The van der Waals surface area contributed by atoms with Gasteiger partial charge >= 0.3 is 0 Å². The summed E-state index contributed by atoms with van der Waals surface area (Å²) in [5.74, 6) is -0.622. The maximum absolute atomic E-state index is 12.4. The minimum Gasteiger partial charge on any atom is -0.505 e. The lowest BCUT2D eigenvalue weighted by atomic mass is 9.70. The molecule has 3 N–H and O–H groups in total. The van der Waals surface area contributed by atoms with Crippen molar-refractivity contribution in [2.45, 2.75) is 39.2 Å². The van der Waals surface area contributed by atoms with E-state index in [0.29, 0.717) is 0 Å². The van der Waals surface area contributed by atoms with E-state index >= 15 is 0 Å². The third kappa shape index (κ3) is 3.44. The number of benzene rings is 1. The summed E-state index contributed by atoms with van der Waals surface area (Å²) in [6, 6.07) is 4.60. The molecule has 1 atom stereocenters. The SMILES string of the molecule is CN(C)C(=O)c1cccc(Nc2c(N[C@@H]3C4=C(CC=C4)CCC3(C)C)c(=O)c2=O)c1O. The molecule has 0 bridgehead atoms. The minimum atomic E-state index is -0.643. The van der Waals surface area contributed by atoms with Crippen LogP contribution in [0.3, 0.4) is 0 Å². The Morgan fingerprint density at radius 3 is 2.58 bits per heavy atom. The second kappa shape index (κ2) is 7.41. The lowest BCUT2D eigenvalue weighted by Crippen LogP contribution is -2.45. The number of carbonyl (C=O) groups is 1. The number of rotatable bonds is 5. The van der Waals surface area contributed by atoms with Crippen LogP contribution in [0.5, 0.6) is 5.75 Å². The summed E-state index contributed by atoms with van der Waals surface area (Å²) in [7, 11) is 3.18. The summed E-state index contributed by atoms with van der Waals surface area (Å²) in [5, 5.41) is 16.8. The van der Waals surface area contributed by atoms with Crippen LogP contribution in [0.2, 0.25) is 0 Å². The van der Waals surface area contributed by atoms with Crippen molar-refractivity contribution in [1.82, 2.24) is 4.90 Å². The minimum absolute atomic E-state index is 0.0888. The van der Waals surface area contributed by atoms with Crippen LogP contribution in [0.15, 0.2) is 51.1 Å². The van der Waals surface area contributed by atoms with E-state index in [2.05, 4.69) is 36.6 Å². The lowest BCUT2D eigenvalue weighted by Gasteiger charge is -2.41. The van der Waals surface area contributed by atoms with Crippen LogP contribution in [-0.2, 0) is 0 Å². The third-order valence-electron chi connectivity index (χ3n) is 6.36. The van der Waals surface area contributed by atoms with E-state index in [1.165, 1.54) is 22.1 Å². The van der Waals surface area contributed by atoms with Crippen molar-refractivity contribution in [3.63, 3.8) is 0 Å². The van der Waals surface area contributed by atoms with Gasteiger partial charge in [-0.05, 0) is 42.4 Å². The lowest BCUT2D eigenvalue weighted by molar-refractivity contribution is 0.0824. The van der Waals surface area contributed by atoms with Gasteiger partial charge in [-0.2, -0.15) is 0 Å². The second-order valence-electron chi connectivity index (χ2n) is 9.17. The molecule has 0 radical (unpaired) electrons. The smallest absolute Gasteiger partial charge is 0.257 e. The second-order valence-corrected chi connectivity index (χ2v) is 9.17. The number of anilines is 3. The summed E-state index contributed by atoms with van der Waals surface area (Å²) in [6.07, 6.45) is 7.19. The molecule has 2 aromatic carbocycles. The van der Waals surface area contributed by atoms with Crippen molar-refractivity contribution >= 4 is 23.0 Å². The first-order valence-corrected chi connectivity index (χ1v) is 10.4. The number of hydrogen-bond donors (Lipinski definition) is 3. The first-order chi connectivity index (χ1) is 14.6. The van der Waals surface area contributed by atoms with Crippen LogP contribution >= 0.6 is 0 Å². The van der Waals surface area contributed by atoms with Gasteiger partial charge in [0.05, 0.1) is 17.3 Å². The molecule has 1 amide bonds. The summed E-state index contributed by atoms with van der Waals surface area (Å²) in [6.45, 7) is 4.31. The monoisotopic (exact) mass is 421 g/mol. The highest BCUT2D eigenvalue weighted by molar-refractivity contribution is 5.99. The normalized spacial score (nSPS) is 19.4. The molecule has 2 aliphatic rings. The van der Waals surface area contributed by atoms with Gasteiger partial charge in [0.25, 0.3) is 16.8 Å². The van der Waals surface area contributed by atoms with E-state index < -0.39 is 10.9 Å². The molecule has 0 fully saturated rings. The number of para-hydroxylation sites is 1. The van der Waals surface area contributed by atoms with Crippen LogP contribution in [0.1, 0.15) is 43.5 Å². The molecule has 7 heteroatoms.